The van der Waals surface area contributed by atoms with Crippen molar-refractivity contribution in [2.24, 2.45) is 17.6 Å². The lowest BCUT2D eigenvalue weighted by Gasteiger charge is -2.45. The van der Waals surface area contributed by atoms with Gasteiger partial charge in [-0.3, -0.25) is 4.79 Å². The van der Waals surface area contributed by atoms with E-state index in [1.54, 1.807) is 36.5 Å². The molecule has 2 fully saturated rings. The van der Waals surface area contributed by atoms with E-state index in [1.165, 1.54) is 6.42 Å². The molecule has 0 spiro atoms. The van der Waals surface area contributed by atoms with Crippen LogP contribution in [0.3, 0.4) is 0 Å². The van der Waals surface area contributed by atoms with Crippen LogP contribution >= 0.6 is 0 Å². The minimum Gasteiger partial charge on any atom is -0.484 e. The molecule has 0 radical (unpaired) electrons. The number of hydrogen-bond acceptors (Lipinski definition) is 5. The van der Waals surface area contributed by atoms with Crippen LogP contribution in [0.1, 0.15) is 32.1 Å². The molecular weight excluding hydrogens is 354 g/mol. The van der Waals surface area contributed by atoms with Gasteiger partial charge in [0.05, 0.1) is 0 Å². The standard InChI is InChI=1S/C22H27N3O3/c23-17-12-15-4-3-5-16(13-17)22(15)25-20(26)14-27-18-7-9-19(10-8-18)28-21-6-1-2-11-24-21/h1-2,6-11,15-17,22H,3-5,12-14,23H2,(H,25,26). The van der Waals surface area contributed by atoms with Gasteiger partial charge in [0.15, 0.2) is 6.61 Å². The van der Waals surface area contributed by atoms with Gasteiger partial charge < -0.3 is 20.5 Å². The number of benzene rings is 1. The average molecular weight is 381 g/mol. The van der Waals surface area contributed by atoms with E-state index in [2.05, 4.69) is 10.3 Å². The Labute approximate surface area is 165 Å². The van der Waals surface area contributed by atoms with Gasteiger partial charge >= 0.3 is 0 Å². The Hall–Kier alpha value is -2.60. The number of carbonyl (C=O) groups is 1. The molecule has 1 aromatic carbocycles. The zero-order chi connectivity index (χ0) is 19.3. The first-order valence-corrected chi connectivity index (χ1v) is 10.0. The van der Waals surface area contributed by atoms with E-state index in [0.717, 1.165) is 25.7 Å². The summed E-state index contributed by atoms with van der Waals surface area (Å²) in [5.74, 6) is 2.79. The van der Waals surface area contributed by atoms with E-state index in [1.807, 2.05) is 12.1 Å². The molecule has 6 nitrogen and oxygen atoms in total. The van der Waals surface area contributed by atoms with Crippen LogP contribution in [0.25, 0.3) is 0 Å². The van der Waals surface area contributed by atoms with Crippen molar-refractivity contribution >= 4 is 5.91 Å². The molecular formula is C22H27N3O3. The molecule has 3 N–H and O–H groups in total. The summed E-state index contributed by atoms with van der Waals surface area (Å²) < 4.78 is 11.3. The Kier molecular flexibility index (Phi) is 5.76. The molecule has 28 heavy (non-hydrogen) atoms. The molecule has 2 atom stereocenters. The third kappa shape index (κ3) is 4.62. The first-order valence-electron chi connectivity index (χ1n) is 10.0. The Morgan fingerprint density at radius 2 is 1.79 bits per heavy atom. The van der Waals surface area contributed by atoms with Crippen LogP contribution in [0.15, 0.2) is 48.7 Å². The second-order valence-corrected chi connectivity index (χ2v) is 7.81. The molecule has 2 bridgehead atoms. The number of ether oxygens (including phenoxy) is 2. The van der Waals surface area contributed by atoms with Crippen molar-refractivity contribution in [1.29, 1.82) is 0 Å². The maximum atomic E-state index is 12.4. The van der Waals surface area contributed by atoms with E-state index >= 15 is 0 Å². The summed E-state index contributed by atoms with van der Waals surface area (Å²) in [6, 6.07) is 13.2. The van der Waals surface area contributed by atoms with Gasteiger partial charge in [-0.2, -0.15) is 0 Å². The third-order valence-electron chi connectivity index (χ3n) is 5.76. The molecule has 6 heteroatoms. The van der Waals surface area contributed by atoms with E-state index in [-0.39, 0.29) is 24.6 Å². The van der Waals surface area contributed by atoms with Crippen LogP contribution in [0.5, 0.6) is 17.4 Å². The van der Waals surface area contributed by atoms with Gasteiger partial charge in [-0.15, -0.1) is 0 Å². The first-order chi connectivity index (χ1) is 13.7. The van der Waals surface area contributed by atoms with Gasteiger partial charge in [0.1, 0.15) is 11.5 Å². The summed E-state index contributed by atoms with van der Waals surface area (Å²) in [5.41, 5.74) is 6.16. The van der Waals surface area contributed by atoms with E-state index in [4.69, 9.17) is 15.2 Å². The van der Waals surface area contributed by atoms with Gasteiger partial charge in [-0.05, 0) is 67.9 Å². The van der Waals surface area contributed by atoms with Crippen molar-refractivity contribution in [3.63, 3.8) is 0 Å². The molecule has 148 valence electrons. The normalized spacial score (nSPS) is 26.3. The summed E-state index contributed by atoms with van der Waals surface area (Å²) in [6.45, 7) is 0.0163. The first kappa shape index (κ1) is 18.7. The zero-order valence-electron chi connectivity index (χ0n) is 15.9. The highest BCUT2D eigenvalue weighted by Gasteiger charge is 2.39. The zero-order valence-corrected chi connectivity index (χ0v) is 15.9. The van der Waals surface area contributed by atoms with Gasteiger partial charge in [0.25, 0.3) is 5.91 Å². The molecule has 4 rings (SSSR count). The lowest BCUT2D eigenvalue weighted by molar-refractivity contribution is -0.125. The Bertz CT molecular complexity index is 767. The molecule has 0 aliphatic heterocycles. The Morgan fingerprint density at radius 3 is 2.46 bits per heavy atom. The number of nitrogens with two attached hydrogens (primary N) is 1. The van der Waals surface area contributed by atoms with Crippen LogP contribution in [0.2, 0.25) is 0 Å². The fourth-order valence-electron chi connectivity index (χ4n) is 4.53. The largest absolute Gasteiger partial charge is 0.484 e. The fraction of sp³-hybridized carbons (Fsp3) is 0.455. The molecule has 1 aromatic heterocycles. The smallest absolute Gasteiger partial charge is 0.258 e. The average Bonchev–Trinajstić information content (AvgIpc) is 2.69. The lowest BCUT2D eigenvalue weighted by atomic mass is 9.67. The van der Waals surface area contributed by atoms with Crippen LogP contribution in [-0.4, -0.2) is 29.6 Å². The molecule has 2 aromatic rings. The minimum atomic E-state index is -0.0637. The van der Waals surface area contributed by atoms with Crippen molar-refractivity contribution in [2.75, 3.05) is 6.61 Å². The summed E-state index contributed by atoms with van der Waals surface area (Å²) in [7, 11) is 0. The second kappa shape index (κ2) is 8.61. The number of aromatic nitrogens is 1. The number of fused-ring (bicyclic) bond motifs is 2. The molecule has 2 saturated carbocycles. The van der Waals surface area contributed by atoms with E-state index in [9.17, 15) is 4.79 Å². The number of hydrogen-bond donors (Lipinski definition) is 2. The number of rotatable bonds is 6. The van der Waals surface area contributed by atoms with Gasteiger partial charge in [-0.25, -0.2) is 4.98 Å². The van der Waals surface area contributed by atoms with Crippen LogP contribution in [0.4, 0.5) is 0 Å². The lowest BCUT2D eigenvalue weighted by Crippen LogP contribution is -2.54. The highest BCUT2D eigenvalue weighted by atomic mass is 16.5. The number of nitrogens with one attached hydrogen (secondary N) is 1. The summed E-state index contributed by atoms with van der Waals surface area (Å²) in [6.07, 6.45) is 7.28. The monoisotopic (exact) mass is 381 g/mol. The Balaban J connectivity index is 1.27. The molecule has 1 heterocycles. The number of pyridine rings is 1. The molecule has 2 aliphatic rings. The van der Waals surface area contributed by atoms with E-state index in [0.29, 0.717) is 29.2 Å². The summed E-state index contributed by atoms with van der Waals surface area (Å²) >= 11 is 0. The van der Waals surface area contributed by atoms with Crippen molar-refractivity contribution in [3.8, 4) is 17.4 Å². The highest BCUT2D eigenvalue weighted by Crippen LogP contribution is 2.39. The quantitative estimate of drug-likeness (QED) is 0.802. The van der Waals surface area contributed by atoms with Gasteiger partial charge in [0, 0.05) is 24.3 Å². The second-order valence-electron chi connectivity index (χ2n) is 7.81. The highest BCUT2D eigenvalue weighted by molar-refractivity contribution is 5.78. The number of amides is 1. The van der Waals surface area contributed by atoms with Crippen LogP contribution in [-0.2, 0) is 4.79 Å². The summed E-state index contributed by atoms with van der Waals surface area (Å²) in [5, 5.41) is 3.20. The molecule has 2 aliphatic carbocycles. The Morgan fingerprint density at radius 1 is 1.07 bits per heavy atom. The van der Waals surface area contributed by atoms with Gasteiger partial charge in [0.2, 0.25) is 5.88 Å². The predicted molar refractivity (Wildman–Crippen MR) is 106 cm³/mol. The van der Waals surface area contributed by atoms with Crippen molar-refractivity contribution in [3.05, 3.63) is 48.7 Å². The molecule has 0 saturated heterocycles. The van der Waals surface area contributed by atoms with Crippen molar-refractivity contribution < 1.29 is 14.3 Å². The SMILES string of the molecule is NC1CC2CCCC(C1)C2NC(=O)COc1ccc(Oc2ccccn2)cc1. The third-order valence-corrected chi connectivity index (χ3v) is 5.76. The van der Waals surface area contributed by atoms with Crippen LogP contribution < -0.4 is 20.5 Å². The maximum Gasteiger partial charge on any atom is 0.258 e. The topological polar surface area (TPSA) is 86.5 Å². The summed E-state index contributed by atoms with van der Waals surface area (Å²) in [4.78, 5) is 16.5. The van der Waals surface area contributed by atoms with Crippen LogP contribution in [0, 0.1) is 11.8 Å². The van der Waals surface area contributed by atoms with Crippen molar-refractivity contribution in [1.82, 2.24) is 10.3 Å². The van der Waals surface area contributed by atoms with Crippen molar-refractivity contribution in [2.45, 2.75) is 44.2 Å². The molecule has 2 unspecified atom stereocenters. The maximum absolute atomic E-state index is 12.4. The molecule has 1 amide bonds. The minimum absolute atomic E-state index is 0.0163. The van der Waals surface area contributed by atoms with E-state index < -0.39 is 0 Å². The number of nitrogens with zero attached hydrogens (tertiary/aromatic N) is 1. The van der Waals surface area contributed by atoms with Gasteiger partial charge in [-0.1, -0.05) is 12.5 Å². The predicted octanol–water partition coefficient (Wildman–Crippen LogP) is 3.27. The fourth-order valence-corrected chi connectivity index (χ4v) is 4.53. The number of carbonyl (C=O) groups excluding carboxylic acids is 1.